The van der Waals surface area contributed by atoms with E-state index in [9.17, 15) is 4.79 Å². The first-order valence-corrected chi connectivity index (χ1v) is 6.85. The summed E-state index contributed by atoms with van der Waals surface area (Å²) in [6.45, 7) is 0. The largest absolute Gasteiger partial charge is 0.294 e. The molecule has 0 amide bonds. The van der Waals surface area contributed by atoms with Gasteiger partial charge in [0.25, 0.3) is 0 Å². The summed E-state index contributed by atoms with van der Waals surface area (Å²) in [5.41, 5.74) is 1.30. The van der Waals surface area contributed by atoms with Gasteiger partial charge in [-0.25, -0.2) is 0 Å². The fourth-order valence-corrected chi connectivity index (χ4v) is 2.68. The first-order valence-electron chi connectivity index (χ1n) is 5.30. The predicted molar refractivity (Wildman–Crippen MR) is 78.6 cm³/mol. The number of carbonyl (C=O) groups is 1. The number of carbonyl (C=O) groups excluding carboxylic acids is 1. The van der Waals surface area contributed by atoms with Crippen LogP contribution >= 0.6 is 39.1 Å². The van der Waals surface area contributed by atoms with Gasteiger partial charge < -0.3 is 0 Å². The van der Waals surface area contributed by atoms with E-state index in [1.54, 1.807) is 24.3 Å². The Hall–Kier alpha value is -0.830. The number of Topliss-reactive ketones (excluding diaryl/α,β-unsaturated/α-hetero) is 1. The third-order valence-electron chi connectivity index (χ3n) is 2.57. The molecule has 0 bridgehead atoms. The second-order valence-electron chi connectivity index (χ2n) is 3.78. The molecule has 0 aliphatic rings. The molecule has 0 aliphatic carbocycles. The molecular weight excluding hydrogens is 335 g/mol. The fourth-order valence-electron chi connectivity index (χ4n) is 1.64. The monoisotopic (exact) mass is 342 g/mol. The lowest BCUT2D eigenvalue weighted by atomic mass is 10.0. The van der Waals surface area contributed by atoms with Gasteiger partial charge in [-0.2, -0.15) is 0 Å². The van der Waals surface area contributed by atoms with Crippen molar-refractivity contribution in [3.05, 3.63) is 68.1 Å². The van der Waals surface area contributed by atoms with E-state index in [1.807, 2.05) is 18.2 Å². The third-order valence-corrected chi connectivity index (χ3v) is 3.97. The molecule has 1 nitrogen and oxygen atoms in total. The molecule has 0 unspecified atom stereocenters. The molecule has 0 saturated heterocycles. The minimum absolute atomic E-state index is 0.0162. The van der Waals surface area contributed by atoms with Crippen molar-refractivity contribution in [1.82, 2.24) is 0 Å². The Bertz CT molecular complexity index is 576. The molecule has 0 spiro atoms. The van der Waals surface area contributed by atoms with Crippen LogP contribution in [0.3, 0.4) is 0 Å². The first kappa shape index (κ1) is 13.6. The van der Waals surface area contributed by atoms with Gasteiger partial charge in [-0.3, -0.25) is 4.79 Å². The van der Waals surface area contributed by atoms with Gasteiger partial charge >= 0.3 is 0 Å². The third kappa shape index (κ3) is 2.94. The van der Waals surface area contributed by atoms with E-state index in [4.69, 9.17) is 23.2 Å². The summed E-state index contributed by atoms with van der Waals surface area (Å²) >= 11 is 15.5. The van der Waals surface area contributed by atoms with Crippen molar-refractivity contribution >= 4 is 44.9 Å². The molecule has 0 aliphatic heterocycles. The van der Waals surface area contributed by atoms with Crippen molar-refractivity contribution in [2.75, 3.05) is 0 Å². The van der Waals surface area contributed by atoms with Crippen LogP contribution in [0.25, 0.3) is 0 Å². The molecule has 4 heteroatoms. The summed E-state index contributed by atoms with van der Waals surface area (Å²) in [5, 5.41) is 1.03. The highest BCUT2D eigenvalue weighted by Gasteiger charge is 2.14. The molecule has 0 aromatic heterocycles. The Morgan fingerprint density at radius 2 is 1.61 bits per heavy atom. The number of rotatable bonds is 3. The van der Waals surface area contributed by atoms with Crippen LogP contribution in [0.15, 0.2) is 46.9 Å². The number of hydrogen-bond donors (Lipinski definition) is 0. The minimum Gasteiger partial charge on any atom is -0.294 e. The Kier molecular flexibility index (Phi) is 4.44. The summed E-state index contributed by atoms with van der Waals surface area (Å²) in [5.74, 6) is -0.0162. The average Bonchev–Trinajstić information content (AvgIpc) is 2.34. The molecule has 2 rings (SSSR count). The number of halogens is 3. The van der Waals surface area contributed by atoms with Crippen LogP contribution in [-0.4, -0.2) is 5.78 Å². The first-order chi connectivity index (χ1) is 8.59. The fraction of sp³-hybridized carbons (Fsp3) is 0.0714. The van der Waals surface area contributed by atoms with Crippen LogP contribution in [-0.2, 0) is 6.42 Å². The van der Waals surface area contributed by atoms with Gasteiger partial charge in [-0.05, 0) is 23.8 Å². The van der Waals surface area contributed by atoms with Crippen molar-refractivity contribution in [1.29, 1.82) is 0 Å². The van der Waals surface area contributed by atoms with Crippen molar-refractivity contribution in [2.45, 2.75) is 6.42 Å². The van der Waals surface area contributed by atoms with E-state index >= 15 is 0 Å². The number of ketones is 1. The quantitative estimate of drug-likeness (QED) is 0.701. The van der Waals surface area contributed by atoms with E-state index in [1.165, 1.54) is 0 Å². The highest BCUT2D eigenvalue weighted by atomic mass is 79.9. The molecule has 0 fully saturated rings. The smallest absolute Gasteiger partial charge is 0.168 e. The molecule has 0 N–H and O–H groups in total. The van der Waals surface area contributed by atoms with E-state index in [-0.39, 0.29) is 12.2 Å². The highest BCUT2D eigenvalue weighted by Crippen LogP contribution is 2.27. The summed E-state index contributed by atoms with van der Waals surface area (Å²) in [6.07, 6.45) is 0.196. The average molecular weight is 344 g/mol. The van der Waals surface area contributed by atoms with E-state index < -0.39 is 0 Å². The Morgan fingerprint density at radius 1 is 1.00 bits per heavy atom. The van der Waals surface area contributed by atoms with Gasteiger partial charge in [0.2, 0.25) is 0 Å². The van der Waals surface area contributed by atoms with Crippen LogP contribution in [0.1, 0.15) is 15.9 Å². The lowest BCUT2D eigenvalue weighted by Crippen LogP contribution is -2.05. The molecule has 2 aromatic carbocycles. The van der Waals surface area contributed by atoms with Crippen molar-refractivity contribution in [3.63, 3.8) is 0 Å². The molecule has 2 aromatic rings. The lowest BCUT2D eigenvalue weighted by molar-refractivity contribution is 0.0992. The molecule has 0 atom stereocenters. The maximum absolute atomic E-state index is 12.2. The standard InChI is InChI=1S/C14H9BrCl2O/c15-11-5-2-1-4-9(11)14(18)8-10-12(16)6-3-7-13(10)17/h1-7H,8H2. The zero-order valence-corrected chi connectivity index (χ0v) is 12.4. The number of hydrogen-bond acceptors (Lipinski definition) is 1. The molecule has 18 heavy (non-hydrogen) atoms. The van der Waals surface area contributed by atoms with Crippen molar-refractivity contribution < 1.29 is 4.79 Å². The maximum atomic E-state index is 12.2. The highest BCUT2D eigenvalue weighted by molar-refractivity contribution is 9.10. The second-order valence-corrected chi connectivity index (χ2v) is 5.45. The van der Waals surface area contributed by atoms with E-state index in [2.05, 4.69) is 15.9 Å². The molecular formula is C14H9BrCl2O. The molecule has 0 heterocycles. The van der Waals surface area contributed by atoms with Crippen LogP contribution < -0.4 is 0 Å². The van der Waals surface area contributed by atoms with Crippen LogP contribution in [0, 0.1) is 0 Å². The molecule has 0 radical (unpaired) electrons. The van der Waals surface area contributed by atoms with Crippen LogP contribution in [0.4, 0.5) is 0 Å². The van der Waals surface area contributed by atoms with Gasteiger partial charge in [0.1, 0.15) is 0 Å². The summed E-state index contributed by atoms with van der Waals surface area (Å²) < 4.78 is 0.776. The SMILES string of the molecule is O=C(Cc1c(Cl)cccc1Cl)c1ccccc1Br. The summed E-state index contributed by atoms with van der Waals surface area (Å²) in [6, 6.07) is 12.5. The Balaban J connectivity index is 2.30. The zero-order chi connectivity index (χ0) is 13.1. The van der Waals surface area contributed by atoms with Gasteiger partial charge in [-0.1, -0.05) is 63.4 Å². The molecule has 92 valence electrons. The van der Waals surface area contributed by atoms with Gasteiger partial charge in [0, 0.05) is 26.5 Å². The second kappa shape index (κ2) is 5.87. The minimum atomic E-state index is -0.0162. The lowest BCUT2D eigenvalue weighted by Gasteiger charge is -2.07. The van der Waals surface area contributed by atoms with Crippen LogP contribution in [0.2, 0.25) is 10.0 Å². The van der Waals surface area contributed by atoms with E-state index in [0.29, 0.717) is 21.2 Å². The van der Waals surface area contributed by atoms with Crippen molar-refractivity contribution in [3.8, 4) is 0 Å². The van der Waals surface area contributed by atoms with E-state index in [0.717, 1.165) is 4.47 Å². The van der Waals surface area contributed by atoms with Crippen molar-refractivity contribution in [2.24, 2.45) is 0 Å². The summed E-state index contributed by atoms with van der Waals surface area (Å²) in [4.78, 5) is 12.2. The van der Waals surface area contributed by atoms with Gasteiger partial charge in [-0.15, -0.1) is 0 Å². The summed E-state index contributed by atoms with van der Waals surface area (Å²) in [7, 11) is 0. The number of benzene rings is 2. The molecule has 0 saturated carbocycles. The normalized spacial score (nSPS) is 10.4. The van der Waals surface area contributed by atoms with Crippen LogP contribution in [0.5, 0.6) is 0 Å². The Labute approximate surface area is 124 Å². The zero-order valence-electron chi connectivity index (χ0n) is 9.29. The topological polar surface area (TPSA) is 17.1 Å². The Morgan fingerprint density at radius 3 is 2.22 bits per heavy atom. The van der Waals surface area contributed by atoms with Gasteiger partial charge in [0.05, 0.1) is 0 Å². The maximum Gasteiger partial charge on any atom is 0.168 e. The van der Waals surface area contributed by atoms with Gasteiger partial charge in [0.15, 0.2) is 5.78 Å². The predicted octanol–water partition coefficient (Wildman–Crippen LogP) is 5.18.